The Hall–Kier alpha value is -2.06. The van der Waals surface area contributed by atoms with E-state index in [4.69, 9.17) is 15.6 Å². The molecule has 0 amide bonds. The van der Waals surface area contributed by atoms with Gasteiger partial charge in [0.15, 0.2) is 5.76 Å². The number of nitriles is 2. The van der Waals surface area contributed by atoms with Crippen molar-refractivity contribution in [3.8, 4) is 12.1 Å². The Morgan fingerprint density at radius 2 is 1.89 bits per heavy atom. The van der Waals surface area contributed by atoms with Gasteiger partial charge in [0.25, 0.3) is 0 Å². The van der Waals surface area contributed by atoms with Gasteiger partial charge in [0.2, 0.25) is 0 Å². The fourth-order valence-corrected chi connectivity index (χ4v) is 1.48. The van der Waals surface area contributed by atoms with Crippen LogP contribution in [0.15, 0.2) is 10.6 Å². The van der Waals surface area contributed by atoms with Crippen LogP contribution in [-0.2, 0) is 13.0 Å². The number of rotatable bonds is 5. The largest absolute Gasteiger partial charge is 0.389 e. The average Bonchev–Trinajstić information content (AvgIpc) is 2.81. The molecule has 1 aromatic rings. The third kappa shape index (κ3) is 4.27. The first kappa shape index (κ1) is 15.0. The van der Waals surface area contributed by atoms with E-state index in [2.05, 4.69) is 9.68 Å². The van der Waals surface area contributed by atoms with E-state index in [-0.39, 0.29) is 17.9 Å². The molecule has 1 heterocycles. The first-order valence-corrected chi connectivity index (χ1v) is 5.29. The number of halogens is 3. The zero-order chi connectivity index (χ0) is 14.5. The van der Waals surface area contributed by atoms with Crippen molar-refractivity contribution in [1.29, 1.82) is 10.5 Å². The Kier molecular flexibility index (Phi) is 4.52. The highest BCUT2D eigenvalue weighted by Gasteiger charge is 2.37. The van der Waals surface area contributed by atoms with Crippen molar-refractivity contribution in [2.45, 2.75) is 32.0 Å². The fraction of sp³-hybridized carbons (Fsp3) is 0.545. The van der Waals surface area contributed by atoms with E-state index >= 15 is 0 Å². The van der Waals surface area contributed by atoms with Crippen LogP contribution in [0.2, 0.25) is 0 Å². The lowest BCUT2D eigenvalue weighted by Gasteiger charge is -2.17. The normalized spacial score (nSPS) is 11.9. The van der Waals surface area contributed by atoms with Gasteiger partial charge in [-0.25, -0.2) is 0 Å². The van der Waals surface area contributed by atoms with E-state index in [1.165, 1.54) is 6.07 Å². The molecule has 1 N–H and O–H groups in total. The number of hydrogen-bond acceptors (Lipinski definition) is 5. The SMILES string of the molecule is N#CC(C#N)(CCC(F)(F)F)Cc1cc(CO)on1. The van der Waals surface area contributed by atoms with Crippen LogP contribution in [0.5, 0.6) is 0 Å². The molecule has 1 rings (SSSR count). The molecule has 102 valence electrons. The van der Waals surface area contributed by atoms with Crippen LogP contribution in [-0.4, -0.2) is 16.4 Å². The van der Waals surface area contributed by atoms with Gasteiger partial charge < -0.3 is 9.63 Å². The van der Waals surface area contributed by atoms with Crippen LogP contribution in [0, 0.1) is 28.1 Å². The molecular weight excluding hydrogens is 263 g/mol. The predicted molar refractivity (Wildman–Crippen MR) is 55.1 cm³/mol. The van der Waals surface area contributed by atoms with Crippen LogP contribution >= 0.6 is 0 Å². The highest BCUT2D eigenvalue weighted by Crippen LogP contribution is 2.32. The van der Waals surface area contributed by atoms with Crippen LogP contribution in [0.4, 0.5) is 13.2 Å². The summed E-state index contributed by atoms with van der Waals surface area (Å²) in [5.41, 5.74) is -1.65. The Labute approximate surface area is 106 Å². The van der Waals surface area contributed by atoms with E-state index in [1.807, 2.05) is 0 Å². The Bertz CT molecular complexity index is 496. The quantitative estimate of drug-likeness (QED) is 0.886. The Morgan fingerprint density at radius 3 is 2.32 bits per heavy atom. The minimum Gasteiger partial charge on any atom is -0.388 e. The highest BCUT2D eigenvalue weighted by molar-refractivity contribution is 5.20. The Morgan fingerprint density at radius 1 is 1.26 bits per heavy atom. The molecule has 0 spiro atoms. The van der Waals surface area contributed by atoms with Gasteiger partial charge in [-0.1, -0.05) is 5.16 Å². The van der Waals surface area contributed by atoms with Crippen molar-refractivity contribution < 1.29 is 22.8 Å². The van der Waals surface area contributed by atoms with Gasteiger partial charge in [-0.3, -0.25) is 0 Å². The summed E-state index contributed by atoms with van der Waals surface area (Å²) in [5, 5.41) is 30.2. The summed E-state index contributed by atoms with van der Waals surface area (Å²) in [6.45, 7) is -0.415. The van der Waals surface area contributed by atoms with Crippen LogP contribution in [0.1, 0.15) is 24.3 Å². The number of aliphatic hydroxyl groups is 1. The first-order valence-electron chi connectivity index (χ1n) is 5.29. The second-order valence-electron chi connectivity index (χ2n) is 4.04. The molecular formula is C11H10F3N3O2. The van der Waals surface area contributed by atoms with Gasteiger partial charge in [0, 0.05) is 18.9 Å². The van der Waals surface area contributed by atoms with Crippen LogP contribution < -0.4 is 0 Å². The minimum atomic E-state index is -4.43. The van der Waals surface area contributed by atoms with Crippen molar-refractivity contribution in [3.05, 3.63) is 17.5 Å². The third-order valence-electron chi connectivity index (χ3n) is 2.51. The summed E-state index contributed by atoms with van der Waals surface area (Å²) in [6, 6.07) is 4.52. The fourth-order valence-electron chi connectivity index (χ4n) is 1.48. The molecule has 0 saturated carbocycles. The lowest BCUT2D eigenvalue weighted by molar-refractivity contribution is -0.138. The minimum absolute atomic E-state index is 0.121. The summed E-state index contributed by atoms with van der Waals surface area (Å²) in [4.78, 5) is 0. The molecule has 0 aliphatic carbocycles. The predicted octanol–water partition coefficient (Wildman–Crippen LogP) is 2.09. The monoisotopic (exact) mass is 273 g/mol. The molecule has 0 fully saturated rings. The standard InChI is InChI=1S/C11H10F3N3O2/c12-11(13,14)2-1-10(6-15,7-16)4-8-3-9(5-18)19-17-8/h3,18H,1-2,4-5H2. The molecule has 0 aromatic carbocycles. The van der Waals surface area contributed by atoms with Gasteiger partial charge in [-0.2, -0.15) is 23.7 Å². The van der Waals surface area contributed by atoms with Gasteiger partial charge in [-0.05, 0) is 6.42 Å². The molecule has 8 heteroatoms. The summed E-state index contributed by atoms with van der Waals surface area (Å²) in [6.07, 6.45) is -6.57. The van der Waals surface area contributed by atoms with Crippen molar-refractivity contribution >= 4 is 0 Å². The zero-order valence-corrected chi connectivity index (χ0v) is 9.74. The first-order chi connectivity index (χ1) is 8.84. The third-order valence-corrected chi connectivity index (χ3v) is 2.51. The molecule has 0 atom stereocenters. The average molecular weight is 273 g/mol. The molecule has 0 radical (unpaired) electrons. The Balaban J connectivity index is 2.83. The van der Waals surface area contributed by atoms with Crippen molar-refractivity contribution in [2.24, 2.45) is 5.41 Å². The van der Waals surface area contributed by atoms with Crippen molar-refractivity contribution in [1.82, 2.24) is 5.16 Å². The molecule has 0 aliphatic rings. The molecule has 0 aliphatic heterocycles. The second kappa shape index (κ2) is 5.72. The maximum absolute atomic E-state index is 12.2. The maximum atomic E-state index is 12.2. The summed E-state index contributed by atoms with van der Waals surface area (Å²) in [7, 11) is 0. The van der Waals surface area contributed by atoms with Gasteiger partial charge in [0.05, 0.1) is 17.8 Å². The number of nitrogens with zero attached hydrogens (tertiary/aromatic N) is 3. The number of aliphatic hydroxyl groups excluding tert-OH is 1. The van der Waals surface area contributed by atoms with E-state index in [0.717, 1.165) is 0 Å². The number of alkyl halides is 3. The van der Waals surface area contributed by atoms with Crippen LogP contribution in [0.25, 0.3) is 0 Å². The maximum Gasteiger partial charge on any atom is 0.389 e. The topological polar surface area (TPSA) is 93.8 Å². The number of hydrogen-bond donors (Lipinski definition) is 1. The lowest BCUT2D eigenvalue weighted by Crippen LogP contribution is -2.23. The molecule has 0 bridgehead atoms. The summed E-state index contributed by atoms with van der Waals surface area (Å²) < 4.78 is 41.2. The smallest absolute Gasteiger partial charge is 0.388 e. The summed E-state index contributed by atoms with van der Waals surface area (Å²) >= 11 is 0. The van der Waals surface area contributed by atoms with Gasteiger partial charge in [0.1, 0.15) is 12.0 Å². The van der Waals surface area contributed by atoms with Crippen LogP contribution in [0.3, 0.4) is 0 Å². The van der Waals surface area contributed by atoms with E-state index in [0.29, 0.717) is 0 Å². The molecule has 0 saturated heterocycles. The van der Waals surface area contributed by atoms with Gasteiger partial charge in [-0.15, -0.1) is 0 Å². The molecule has 1 aromatic heterocycles. The molecule has 19 heavy (non-hydrogen) atoms. The number of aromatic nitrogens is 1. The molecule has 0 unspecified atom stereocenters. The van der Waals surface area contributed by atoms with E-state index in [1.54, 1.807) is 12.1 Å². The van der Waals surface area contributed by atoms with Crippen molar-refractivity contribution in [2.75, 3.05) is 0 Å². The van der Waals surface area contributed by atoms with E-state index < -0.39 is 31.0 Å². The molecule has 5 nitrogen and oxygen atoms in total. The van der Waals surface area contributed by atoms with E-state index in [9.17, 15) is 13.2 Å². The zero-order valence-electron chi connectivity index (χ0n) is 9.74. The van der Waals surface area contributed by atoms with Crippen molar-refractivity contribution in [3.63, 3.8) is 0 Å². The summed E-state index contributed by atoms with van der Waals surface area (Å²) in [5.74, 6) is 0.121. The highest BCUT2D eigenvalue weighted by atomic mass is 19.4. The lowest BCUT2D eigenvalue weighted by atomic mass is 9.82. The van der Waals surface area contributed by atoms with Gasteiger partial charge >= 0.3 is 6.18 Å². The second-order valence-corrected chi connectivity index (χ2v) is 4.04.